The van der Waals surface area contributed by atoms with Crippen LogP contribution < -0.4 is 5.73 Å². The summed E-state index contributed by atoms with van der Waals surface area (Å²) in [4.78, 5) is 0. The molecule has 18 heavy (non-hydrogen) atoms. The molecule has 0 saturated heterocycles. The van der Waals surface area contributed by atoms with Crippen LogP contribution in [0.4, 0.5) is 0 Å². The van der Waals surface area contributed by atoms with E-state index in [1.165, 1.54) is 33.4 Å². The van der Waals surface area contributed by atoms with Gasteiger partial charge in [-0.15, -0.1) is 0 Å². The first-order chi connectivity index (χ1) is 8.76. The first-order valence-electron chi connectivity index (χ1n) is 6.69. The number of fused-ring (bicyclic) bond motifs is 3. The molecule has 3 rings (SSSR count). The number of aryl methyl sites for hydroxylation is 2. The zero-order chi connectivity index (χ0) is 12.7. The maximum atomic E-state index is 6.01. The highest BCUT2D eigenvalue weighted by Gasteiger charge is 2.28. The Morgan fingerprint density at radius 2 is 1.94 bits per heavy atom. The average molecular weight is 237 g/mol. The van der Waals surface area contributed by atoms with Crippen LogP contribution in [0.1, 0.15) is 35.1 Å². The molecule has 1 heteroatoms. The highest BCUT2D eigenvalue weighted by Crippen LogP contribution is 2.46. The van der Waals surface area contributed by atoms with E-state index in [9.17, 15) is 0 Å². The molecular weight excluding hydrogens is 218 g/mol. The van der Waals surface area contributed by atoms with Crippen molar-refractivity contribution in [2.75, 3.05) is 6.54 Å². The monoisotopic (exact) mass is 237 g/mol. The largest absolute Gasteiger partial charge is 0.330 e. The molecule has 0 amide bonds. The lowest BCUT2D eigenvalue weighted by Gasteiger charge is -2.11. The number of nitrogens with two attached hydrogens (primary N) is 1. The van der Waals surface area contributed by atoms with Crippen molar-refractivity contribution in [3.63, 3.8) is 0 Å². The van der Waals surface area contributed by atoms with Crippen LogP contribution in [0.5, 0.6) is 0 Å². The van der Waals surface area contributed by atoms with Crippen LogP contribution in [-0.2, 0) is 6.42 Å². The van der Waals surface area contributed by atoms with Crippen LogP contribution in [-0.4, -0.2) is 6.54 Å². The molecule has 1 unspecified atom stereocenters. The SMILES string of the molecule is CCc1ccc2c(c1)C(CN)c1cccc(C)c1-2. The molecule has 0 aromatic heterocycles. The summed E-state index contributed by atoms with van der Waals surface area (Å²) in [5.74, 6) is 0.376. The molecule has 0 aliphatic heterocycles. The summed E-state index contributed by atoms with van der Waals surface area (Å²) in [6.45, 7) is 5.08. The Bertz CT molecular complexity index is 599. The topological polar surface area (TPSA) is 26.0 Å². The Labute approximate surface area is 109 Å². The lowest BCUT2D eigenvalue weighted by atomic mass is 9.95. The maximum absolute atomic E-state index is 6.01. The highest BCUT2D eigenvalue weighted by molar-refractivity contribution is 5.81. The number of hydrogen-bond acceptors (Lipinski definition) is 1. The fraction of sp³-hybridized carbons (Fsp3) is 0.294. The van der Waals surface area contributed by atoms with Gasteiger partial charge in [0.15, 0.2) is 0 Å². The Morgan fingerprint density at radius 3 is 2.67 bits per heavy atom. The second-order valence-corrected chi connectivity index (χ2v) is 5.10. The summed E-state index contributed by atoms with van der Waals surface area (Å²) in [6, 6.07) is 13.4. The smallest absolute Gasteiger partial charge is 0.0225 e. The first-order valence-corrected chi connectivity index (χ1v) is 6.69. The Kier molecular flexibility index (Phi) is 2.71. The van der Waals surface area contributed by atoms with Gasteiger partial charge < -0.3 is 5.73 Å². The van der Waals surface area contributed by atoms with Crippen LogP contribution in [0.3, 0.4) is 0 Å². The van der Waals surface area contributed by atoms with E-state index in [0.29, 0.717) is 12.5 Å². The standard InChI is InChI=1S/C17H19N/c1-3-12-7-8-14-15(9-12)16(10-18)13-6-4-5-11(2)17(13)14/h4-9,16H,3,10,18H2,1-2H3. The molecular formula is C17H19N. The van der Waals surface area contributed by atoms with E-state index >= 15 is 0 Å². The minimum Gasteiger partial charge on any atom is -0.330 e. The third-order valence-corrected chi connectivity index (χ3v) is 4.09. The molecule has 0 radical (unpaired) electrons. The third-order valence-electron chi connectivity index (χ3n) is 4.09. The number of rotatable bonds is 2. The predicted molar refractivity (Wildman–Crippen MR) is 76.9 cm³/mol. The summed E-state index contributed by atoms with van der Waals surface area (Å²) >= 11 is 0. The molecule has 0 saturated carbocycles. The lowest BCUT2D eigenvalue weighted by Crippen LogP contribution is -2.11. The van der Waals surface area contributed by atoms with Crippen LogP contribution >= 0.6 is 0 Å². The Balaban J connectivity index is 2.28. The first kappa shape index (κ1) is 11.5. The molecule has 0 spiro atoms. The summed E-state index contributed by atoms with van der Waals surface area (Å²) in [6.07, 6.45) is 1.08. The van der Waals surface area contributed by atoms with Crippen molar-refractivity contribution in [1.29, 1.82) is 0 Å². The molecule has 1 aliphatic rings. The van der Waals surface area contributed by atoms with Gasteiger partial charge in [-0.1, -0.05) is 43.3 Å². The highest BCUT2D eigenvalue weighted by atomic mass is 14.6. The van der Waals surface area contributed by atoms with Crippen molar-refractivity contribution in [1.82, 2.24) is 0 Å². The minimum absolute atomic E-state index is 0.376. The molecule has 1 atom stereocenters. The Hall–Kier alpha value is -1.60. The summed E-state index contributed by atoms with van der Waals surface area (Å²) < 4.78 is 0. The molecule has 1 aliphatic carbocycles. The van der Waals surface area contributed by atoms with E-state index in [2.05, 4.69) is 50.2 Å². The van der Waals surface area contributed by atoms with Gasteiger partial charge in [-0.05, 0) is 46.7 Å². The van der Waals surface area contributed by atoms with Gasteiger partial charge in [0.05, 0.1) is 0 Å². The van der Waals surface area contributed by atoms with Gasteiger partial charge in [-0.3, -0.25) is 0 Å². The molecule has 0 heterocycles. The summed E-state index contributed by atoms with van der Waals surface area (Å²) in [5.41, 5.74) is 14.4. The summed E-state index contributed by atoms with van der Waals surface area (Å²) in [7, 11) is 0. The van der Waals surface area contributed by atoms with E-state index in [1.807, 2.05) is 0 Å². The van der Waals surface area contributed by atoms with Gasteiger partial charge in [0.25, 0.3) is 0 Å². The Morgan fingerprint density at radius 1 is 1.11 bits per heavy atom. The normalized spacial score (nSPS) is 16.5. The predicted octanol–water partition coefficient (Wildman–Crippen LogP) is 3.63. The van der Waals surface area contributed by atoms with Crippen molar-refractivity contribution in [3.8, 4) is 11.1 Å². The van der Waals surface area contributed by atoms with Crippen molar-refractivity contribution in [2.24, 2.45) is 5.73 Å². The maximum Gasteiger partial charge on any atom is 0.0225 e. The summed E-state index contributed by atoms with van der Waals surface area (Å²) in [5, 5.41) is 0. The second kappa shape index (κ2) is 4.25. The van der Waals surface area contributed by atoms with E-state index in [1.54, 1.807) is 0 Å². The molecule has 92 valence electrons. The van der Waals surface area contributed by atoms with E-state index in [4.69, 9.17) is 5.73 Å². The van der Waals surface area contributed by atoms with Crippen molar-refractivity contribution in [2.45, 2.75) is 26.2 Å². The molecule has 1 nitrogen and oxygen atoms in total. The van der Waals surface area contributed by atoms with Gasteiger partial charge in [-0.25, -0.2) is 0 Å². The van der Waals surface area contributed by atoms with Gasteiger partial charge in [0.2, 0.25) is 0 Å². The third kappa shape index (κ3) is 1.51. The zero-order valence-electron chi connectivity index (χ0n) is 11.0. The van der Waals surface area contributed by atoms with Crippen LogP contribution in [0.15, 0.2) is 36.4 Å². The van der Waals surface area contributed by atoms with E-state index in [0.717, 1.165) is 6.42 Å². The number of hydrogen-bond donors (Lipinski definition) is 1. The molecule has 2 aromatic rings. The molecule has 0 fully saturated rings. The molecule has 2 N–H and O–H groups in total. The lowest BCUT2D eigenvalue weighted by molar-refractivity contribution is 0.838. The molecule has 2 aromatic carbocycles. The van der Waals surface area contributed by atoms with Crippen molar-refractivity contribution in [3.05, 3.63) is 58.7 Å². The van der Waals surface area contributed by atoms with Crippen molar-refractivity contribution < 1.29 is 0 Å². The van der Waals surface area contributed by atoms with E-state index < -0.39 is 0 Å². The number of benzene rings is 2. The zero-order valence-corrected chi connectivity index (χ0v) is 11.0. The van der Waals surface area contributed by atoms with Crippen LogP contribution in [0, 0.1) is 6.92 Å². The van der Waals surface area contributed by atoms with Crippen LogP contribution in [0.2, 0.25) is 0 Å². The van der Waals surface area contributed by atoms with Gasteiger partial charge in [-0.2, -0.15) is 0 Å². The second-order valence-electron chi connectivity index (χ2n) is 5.10. The van der Waals surface area contributed by atoms with Crippen molar-refractivity contribution >= 4 is 0 Å². The van der Waals surface area contributed by atoms with Gasteiger partial charge in [0, 0.05) is 12.5 Å². The fourth-order valence-corrected chi connectivity index (χ4v) is 3.12. The average Bonchev–Trinajstić information content (AvgIpc) is 2.72. The van der Waals surface area contributed by atoms with E-state index in [-0.39, 0.29) is 0 Å². The quantitative estimate of drug-likeness (QED) is 0.848. The minimum atomic E-state index is 0.376. The molecule has 0 bridgehead atoms. The van der Waals surface area contributed by atoms with Gasteiger partial charge in [0.1, 0.15) is 0 Å². The van der Waals surface area contributed by atoms with Crippen LogP contribution in [0.25, 0.3) is 11.1 Å². The fourth-order valence-electron chi connectivity index (χ4n) is 3.12. The van der Waals surface area contributed by atoms with Gasteiger partial charge >= 0.3 is 0 Å².